The highest BCUT2D eigenvalue weighted by molar-refractivity contribution is 4.45. The lowest BCUT2D eigenvalue weighted by Crippen LogP contribution is -2.50. The van der Waals surface area contributed by atoms with Gasteiger partial charge >= 0.3 is 0 Å². The lowest BCUT2D eigenvalue weighted by molar-refractivity contribution is -1.25. The van der Waals surface area contributed by atoms with Crippen molar-refractivity contribution in [3.8, 4) is 0 Å². The number of hydrogen-bond acceptors (Lipinski definition) is 2. The van der Waals surface area contributed by atoms with Crippen molar-refractivity contribution in [3.63, 3.8) is 0 Å². The minimum Gasteiger partial charge on any atom is -0.171 e. The Balaban J connectivity index is 2.42. The van der Waals surface area contributed by atoms with E-state index in [4.69, 9.17) is 9.68 Å². The van der Waals surface area contributed by atoms with Crippen LogP contribution >= 0.6 is 0 Å². The Kier molecular flexibility index (Phi) is 3.30. The topological polar surface area (TPSA) is 18.5 Å². The highest BCUT2D eigenvalue weighted by Gasteiger charge is 2.32. The zero-order valence-electron chi connectivity index (χ0n) is 7.51. The van der Waals surface area contributed by atoms with Crippen molar-refractivity contribution in [3.05, 3.63) is 0 Å². The average molecular weight is 160 g/mol. The van der Waals surface area contributed by atoms with Crippen LogP contribution in [0.25, 0.3) is 0 Å². The fourth-order valence-electron chi connectivity index (χ4n) is 1.59. The van der Waals surface area contributed by atoms with Crippen molar-refractivity contribution in [1.82, 2.24) is 0 Å². The molecule has 1 fully saturated rings. The maximum Gasteiger partial charge on any atom is 0.142 e. The molecule has 1 rings (SSSR count). The third-order valence-electron chi connectivity index (χ3n) is 2.19. The summed E-state index contributed by atoms with van der Waals surface area (Å²) in [5, 5.41) is 0. The van der Waals surface area contributed by atoms with Gasteiger partial charge in [-0.05, 0) is 18.2 Å². The smallest absolute Gasteiger partial charge is 0.142 e. The quantitative estimate of drug-likeness (QED) is 0.582. The summed E-state index contributed by atoms with van der Waals surface area (Å²) in [5.74, 6) is 0. The summed E-state index contributed by atoms with van der Waals surface area (Å²) in [4.78, 5) is 11.3. The molecule has 0 saturated carbocycles. The van der Waals surface area contributed by atoms with Gasteiger partial charge in [-0.15, -0.1) is 0 Å². The van der Waals surface area contributed by atoms with Crippen LogP contribution in [0.5, 0.6) is 0 Å². The molecule has 3 heteroatoms. The number of piperidine rings is 1. The number of quaternary nitrogens is 1. The van der Waals surface area contributed by atoms with Gasteiger partial charge in [-0.2, -0.15) is 9.68 Å². The monoisotopic (exact) mass is 160 g/mol. The Morgan fingerprint density at radius 1 is 1.18 bits per heavy atom. The summed E-state index contributed by atoms with van der Waals surface area (Å²) in [6, 6.07) is 0. The molecule has 1 aliphatic heterocycles. The summed E-state index contributed by atoms with van der Waals surface area (Å²) in [6.45, 7) is 4.75. The highest BCUT2D eigenvalue weighted by atomic mass is 17.0. The van der Waals surface area contributed by atoms with Crippen molar-refractivity contribution in [2.45, 2.75) is 26.2 Å². The van der Waals surface area contributed by atoms with E-state index < -0.39 is 0 Å². The van der Waals surface area contributed by atoms with Crippen LogP contribution in [0.2, 0.25) is 0 Å². The van der Waals surface area contributed by atoms with E-state index in [1.54, 1.807) is 7.11 Å². The van der Waals surface area contributed by atoms with Crippen LogP contribution in [0, 0.1) is 0 Å². The van der Waals surface area contributed by atoms with Gasteiger partial charge in [-0.3, -0.25) is 0 Å². The van der Waals surface area contributed by atoms with Gasteiger partial charge in [0.2, 0.25) is 0 Å². The molecule has 1 aliphatic rings. The number of hydrogen-bond donors (Lipinski definition) is 0. The molecule has 0 bridgehead atoms. The Bertz CT molecular complexity index is 105. The molecular weight excluding hydrogens is 142 g/mol. The van der Waals surface area contributed by atoms with Gasteiger partial charge in [0.05, 0.1) is 7.11 Å². The van der Waals surface area contributed by atoms with Gasteiger partial charge in [-0.1, -0.05) is 0 Å². The van der Waals surface area contributed by atoms with Crippen LogP contribution in [0.15, 0.2) is 0 Å². The molecule has 0 aromatic carbocycles. The summed E-state index contributed by atoms with van der Waals surface area (Å²) < 4.78 is 0. The Morgan fingerprint density at radius 3 is 2.27 bits per heavy atom. The van der Waals surface area contributed by atoms with Crippen molar-refractivity contribution < 1.29 is 14.5 Å². The highest BCUT2D eigenvalue weighted by Crippen LogP contribution is 2.19. The van der Waals surface area contributed by atoms with Gasteiger partial charge in [0.25, 0.3) is 0 Å². The standard InChI is InChI=1S/C8H18NO2/c1-3-11-9(10-2)7-5-4-6-8-9/h3-8H2,1-2H3/q+1. The van der Waals surface area contributed by atoms with Gasteiger partial charge in [0, 0.05) is 12.8 Å². The summed E-state index contributed by atoms with van der Waals surface area (Å²) in [7, 11) is 1.72. The number of rotatable bonds is 3. The largest absolute Gasteiger partial charge is 0.171 e. The van der Waals surface area contributed by atoms with Crippen molar-refractivity contribution >= 4 is 0 Å². The molecule has 1 heterocycles. The molecule has 0 atom stereocenters. The van der Waals surface area contributed by atoms with E-state index in [1.165, 1.54) is 19.3 Å². The molecule has 0 spiro atoms. The molecule has 3 nitrogen and oxygen atoms in total. The zero-order valence-corrected chi connectivity index (χ0v) is 7.51. The SMILES string of the molecule is CCO[N+]1(OC)CCCCC1. The van der Waals surface area contributed by atoms with E-state index in [9.17, 15) is 0 Å². The predicted molar refractivity (Wildman–Crippen MR) is 42.5 cm³/mol. The zero-order chi connectivity index (χ0) is 8.16. The minimum absolute atomic E-state index is 0.413. The fourth-order valence-corrected chi connectivity index (χ4v) is 1.59. The molecule has 0 aromatic rings. The predicted octanol–water partition coefficient (Wildman–Crippen LogP) is 1.50. The van der Waals surface area contributed by atoms with Gasteiger partial charge in [0.1, 0.15) is 19.7 Å². The van der Waals surface area contributed by atoms with E-state index in [-0.39, 0.29) is 0 Å². The third kappa shape index (κ3) is 2.15. The minimum atomic E-state index is 0.413. The fraction of sp³-hybridized carbons (Fsp3) is 1.00. The summed E-state index contributed by atoms with van der Waals surface area (Å²) in [6.07, 6.45) is 3.75. The van der Waals surface area contributed by atoms with E-state index in [0.717, 1.165) is 19.7 Å². The maximum absolute atomic E-state index is 5.53. The second kappa shape index (κ2) is 4.04. The number of hydroxylamine groups is 4. The van der Waals surface area contributed by atoms with E-state index in [2.05, 4.69) is 0 Å². The first-order valence-electron chi connectivity index (χ1n) is 4.40. The van der Waals surface area contributed by atoms with Crippen LogP contribution in [0.3, 0.4) is 0 Å². The third-order valence-corrected chi connectivity index (χ3v) is 2.19. The molecule has 0 aliphatic carbocycles. The number of nitrogens with zero attached hydrogens (tertiary/aromatic N) is 1. The van der Waals surface area contributed by atoms with Crippen LogP contribution in [-0.4, -0.2) is 31.6 Å². The molecular formula is C8H18NO2+. The molecule has 0 aromatic heterocycles. The van der Waals surface area contributed by atoms with Crippen molar-refractivity contribution in [2.75, 3.05) is 26.8 Å². The molecule has 66 valence electrons. The normalized spacial score (nSPS) is 23.5. The molecule has 0 unspecified atom stereocenters. The van der Waals surface area contributed by atoms with Crippen molar-refractivity contribution in [2.24, 2.45) is 0 Å². The van der Waals surface area contributed by atoms with Crippen LogP contribution in [-0.2, 0) is 9.68 Å². The molecule has 0 amide bonds. The second-order valence-electron chi connectivity index (χ2n) is 2.92. The molecule has 0 N–H and O–H groups in total. The van der Waals surface area contributed by atoms with E-state index in [0.29, 0.717) is 4.81 Å². The first kappa shape index (κ1) is 8.97. The van der Waals surface area contributed by atoms with E-state index >= 15 is 0 Å². The summed E-state index contributed by atoms with van der Waals surface area (Å²) >= 11 is 0. The molecule has 11 heavy (non-hydrogen) atoms. The molecule has 1 saturated heterocycles. The average Bonchev–Trinajstić information content (AvgIpc) is 2.07. The first-order valence-corrected chi connectivity index (χ1v) is 4.40. The van der Waals surface area contributed by atoms with Gasteiger partial charge in [-0.25, -0.2) is 0 Å². The van der Waals surface area contributed by atoms with Gasteiger partial charge in [0.15, 0.2) is 0 Å². The Labute approximate surface area is 68.4 Å². The van der Waals surface area contributed by atoms with Crippen molar-refractivity contribution in [1.29, 1.82) is 0 Å². The van der Waals surface area contributed by atoms with Crippen LogP contribution < -0.4 is 0 Å². The van der Waals surface area contributed by atoms with Gasteiger partial charge < -0.3 is 0 Å². The Hall–Kier alpha value is -0.120. The lowest BCUT2D eigenvalue weighted by Gasteiger charge is -2.33. The van der Waals surface area contributed by atoms with Crippen LogP contribution in [0.4, 0.5) is 0 Å². The second-order valence-corrected chi connectivity index (χ2v) is 2.92. The summed E-state index contributed by atoms with van der Waals surface area (Å²) in [5.41, 5.74) is 0. The molecule has 0 radical (unpaired) electrons. The Morgan fingerprint density at radius 2 is 1.82 bits per heavy atom. The van der Waals surface area contributed by atoms with Crippen LogP contribution in [0.1, 0.15) is 26.2 Å². The first-order chi connectivity index (χ1) is 5.33. The lowest BCUT2D eigenvalue weighted by atomic mass is 10.2. The maximum atomic E-state index is 5.53. The van der Waals surface area contributed by atoms with E-state index in [1.807, 2.05) is 6.92 Å².